The van der Waals surface area contributed by atoms with Crippen molar-refractivity contribution in [3.8, 4) is 6.07 Å². The van der Waals surface area contributed by atoms with Gasteiger partial charge in [0.15, 0.2) is 10.9 Å². The van der Waals surface area contributed by atoms with E-state index in [2.05, 4.69) is 20.3 Å². The zero-order chi connectivity index (χ0) is 14.8. The highest BCUT2D eigenvalue weighted by molar-refractivity contribution is 7.98. The lowest BCUT2D eigenvalue weighted by Gasteiger charge is -2.05. The zero-order valence-electron chi connectivity index (χ0n) is 11.7. The van der Waals surface area contributed by atoms with Crippen LogP contribution in [0.1, 0.15) is 37.4 Å². The van der Waals surface area contributed by atoms with Crippen LogP contribution in [-0.4, -0.2) is 27.0 Å². The smallest absolute Gasteiger partial charge is 0.231 e. The fraction of sp³-hybridized carbons (Fsp3) is 0.500. The van der Waals surface area contributed by atoms with Gasteiger partial charge in [0.25, 0.3) is 0 Å². The Labute approximate surface area is 127 Å². The van der Waals surface area contributed by atoms with Crippen molar-refractivity contribution in [3.05, 3.63) is 17.6 Å². The second-order valence-corrected chi connectivity index (χ2v) is 6.00. The first-order valence-electron chi connectivity index (χ1n) is 6.92. The topological polar surface area (TPSA) is 91.6 Å². The van der Waals surface area contributed by atoms with Crippen LogP contribution >= 0.6 is 11.8 Å². The molecule has 6 nitrogen and oxygen atoms in total. The van der Waals surface area contributed by atoms with E-state index in [1.165, 1.54) is 18.0 Å². The van der Waals surface area contributed by atoms with Crippen LogP contribution in [0.15, 0.2) is 16.9 Å². The number of nitriles is 1. The van der Waals surface area contributed by atoms with Gasteiger partial charge in [-0.25, -0.2) is 4.98 Å². The highest BCUT2D eigenvalue weighted by Crippen LogP contribution is 2.38. The predicted molar refractivity (Wildman–Crippen MR) is 78.6 cm³/mol. The van der Waals surface area contributed by atoms with Crippen LogP contribution in [0, 0.1) is 17.2 Å². The average molecular weight is 301 g/mol. The molecule has 0 bridgehead atoms. The molecule has 2 aliphatic rings. The minimum absolute atomic E-state index is 0.0276. The summed E-state index contributed by atoms with van der Waals surface area (Å²) in [6.45, 7) is 0. The molecule has 2 saturated carbocycles. The normalized spacial score (nSPS) is 18.2. The number of ketones is 1. The Morgan fingerprint density at radius 3 is 2.67 bits per heavy atom. The molecule has 0 unspecified atom stereocenters. The second-order valence-electron chi connectivity index (χ2n) is 5.23. The van der Waals surface area contributed by atoms with Gasteiger partial charge in [0.05, 0.1) is 0 Å². The van der Waals surface area contributed by atoms with E-state index >= 15 is 0 Å². The molecule has 1 aromatic heterocycles. The Morgan fingerprint density at radius 1 is 1.33 bits per heavy atom. The minimum atomic E-state index is -0.0911. The number of thioether (sulfide) groups is 1. The van der Waals surface area contributed by atoms with Crippen molar-refractivity contribution in [2.24, 2.45) is 5.92 Å². The third-order valence-electron chi connectivity index (χ3n) is 3.44. The molecule has 0 aliphatic heterocycles. The average Bonchev–Trinajstić information content (AvgIpc) is 3.40. The monoisotopic (exact) mass is 301 g/mol. The molecule has 0 atom stereocenters. The molecular formula is C14H15N5OS. The molecule has 2 aliphatic carbocycles. The zero-order valence-corrected chi connectivity index (χ0v) is 12.5. The van der Waals surface area contributed by atoms with Gasteiger partial charge >= 0.3 is 0 Å². The summed E-state index contributed by atoms with van der Waals surface area (Å²) in [6.07, 6.45) is 7.30. The number of aromatic nitrogens is 3. The van der Waals surface area contributed by atoms with Gasteiger partial charge in [-0.3, -0.25) is 4.79 Å². The Bertz CT molecular complexity index is 643. The molecule has 0 spiro atoms. The lowest BCUT2D eigenvalue weighted by atomic mass is 10.1. The Morgan fingerprint density at radius 2 is 2.10 bits per heavy atom. The number of carbonyl (C=O) groups is 1. The van der Waals surface area contributed by atoms with Gasteiger partial charge in [-0.05, 0) is 31.9 Å². The summed E-state index contributed by atoms with van der Waals surface area (Å²) in [5.41, 5.74) is 0.136. The highest BCUT2D eigenvalue weighted by Gasteiger charge is 2.32. The SMILES string of the molecule is CSc1nc(NC=C(C#N)C(=O)C2CC2)nc(C2CC2)n1. The van der Waals surface area contributed by atoms with Crippen LogP contribution in [0.25, 0.3) is 0 Å². The van der Waals surface area contributed by atoms with Gasteiger partial charge in [-0.15, -0.1) is 0 Å². The molecule has 1 aromatic rings. The van der Waals surface area contributed by atoms with Crippen molar-refractivity contribution < 1.29 is 4.79 Å². The van der Waals surface area contributed by atoms with Crippen LogP contribution in [0.5, 0.6) is 0 Å². The van der Waals surface area contributed by atoms with Crippen LogP contribution in [0.4, 0.5) is 5.95 Å². The minimum Gasteiger partial charge on any atom is -0.329 e. The quantitative estimate of drug-likeness (QED) is 0.489. The summed E-state index contributed by atoms with van der Waals surface area (Å²) in [5, 5.41) is 12.6. The standard InChI is InChI=1S/C14H15N5OS/c1-21-14-18-12(9-4-5-9)17-13(19-14)16-7-10(6-15)11(20)8-2-3-8/h7-9H,2-5H2,1H3,(H,16,17,18,19). The lowest BCUT2D eigenvalue weighted by Crippen LogP contribution is -2.08. The Kier molecular flexibility index (Phi) is 3.88. The number of Topliss-reactive ketones (excluding diaryl/α,β-unsaturated/α-hetero) is 1. The van der Waals surface area contributed by atoms with Crippen molar-refractivity contribution in [1.29, 1.82) is 5.26 Å². The van der Waals surface area contributed by atoms with E-state index in [-0.39, 0.29) is 17.3 Å². The summed E-state index contributed by atoms with van der Waals surface area (Å²) in [5.74, 6) is 1.54. The van der Waals surface area contributed by atoms with E-state index in [4.69, 9.17) is 5.26 Å². The maximum absolute atomic E-state index is 11.9. The summed E-state index contributed by atoms with van der Waals surface area (Å²) in [6, 6.07) is 1.94. The van der Waals surface area contributed by atoms with E-state index < -0.39 is 0 Å². The van der Waals surface area contributed by atoms with Crippen LogP contribution in [-0.2, 0) is 4.79 Å². The summed E-state index contributed by atoms with van der Waals surface area (Å²) >= 11 is 1.45. The molecule has 1 N–H and O–H groups in total. The molecule has 0 amide bonds. The summed E-state index contributed by atoms with van der Waals surface area (Å²) < 4.78 is 0. The van der Waals surface area contributed by atoms with E-state index in [1.54, 1.807) is 0 Å². The Hall–Kier alpha value is -1.94. The van der Waals surface area contributed by atoms with Crippen molar-refractivity contribution in [3.63, 3.8) is 0 Å². The lowest BCUT2D eigenvalue weighted by molar-refractivity contribution is -0.116. The van der Waals surface area contributed by atoms with Gasteiger partial charge in [0.1, 0.15) is 17.5 Å². The molecule has 108 valence electrons. The second kappa shape index (κ2) is 5.82. The third-order valence-corrected chi connectivity index (χ3v) is 3.98. The molecule has 1 heterocycles. The molecule has 0 saturated heterocycles. The van der Waals surface area contributed by atoms with Gasteiger partial charge in [0, 0.05) is 18.0 Å². The number of hydrogen-bond donors (Lipinski definition) is 1. The highest BCUT2D eigenvalue weighted by atomic mass is 32.2. The van der Waals surface area contributed by atoms with Gasteiger partial charge in [0.2, 0.25) is 5.95 Å². The summed E-state index contributed by atoms with van der Waals surface area (Å²) in [7, 11) is 0. The fourth-order valence-electron chi connectivity index (χ4n) is 1.91. The Balaban J connectivity index is 1.78. The van der Waals surface area contributed by atoms with E-state index in [0.29, 0.717) is 17.0 Å². The number of nitrogens with zero attached hydrogens (tertiary/aromatic N) is 4. The molecule has 0 aromatic carbocycles. The maximum atomic E-state index is 11.9. The number of allylic oxidation sites excluding steroid dienone is 1. The van der Waals surface area contributed by atoms with E-state index in [9.17, 15) is 4.79 Å². The predicted octanol–water partition coefficient (Wildman–Crippen LogP) is 2.27. The summed E-state index contributed by atoms with van der Waals surface area (Å²) in [4.78, 5) is 24.9. The molecule has 2 fully saturated rings. The number of anilines is 1. The largest absolute Gasteiger partial charge is 0.329 e. The number of nitrogens with one attached hydrogen (secondary N) is 1. The number of hydrogen-bond acceptors (Lipinski definition) is 7. The molecular weight excluding hydrogens is 286 g/mol. The van der Waals surface area contributed by atoms with E-state index in [1.807, 2.05) is 12.3 Å². The maximum Gasteiger partial charge on any atom is 0.231 e. The van der Waals surface area contributed by atoms with Crippen LogP contribution in [0.3, 0.4) is 0 Å². The first-order valence-corrected chi connectivity index (χ1v) is 8.14. The van der Waals surface area contributed by atoms with Crippen LogP contribution in [0.2, 0.25) is 0 Å². The third kappa shape index (κ3) is 3.39. The molecule has 0 radical (unpaired) electrons. The molecule has 3 rings (SSSR count). The number of rotatable bonds is 6. The number of carbonyl (C=O) groups excluding carboxylic acids is 1. The molecule has 21 heavy (non-hydrogen) atoms. The van der Waals surface area contributed by atoms with Crippen molar-refractivity contribution in [2.75, 3.05) is 11.6 Å². The molecule has 7 heteroatoms. The van der Waals surface area contributed by atoms with Gasteiger partial charge in [-0.1, -0.05) is 11.8 Å². The fourth-order valence-corrected chi connectivity index (χ4v) is 2.28. The van der Waals surface area contributed by atoms with Crippen molar-refractivity contribution in [2.45, 2.75) is 36.8 Å². The first-order chi connectivity index (χ1) is 10.2. The van der Waals surface area contributed by atoms with Gasteiger partial charge < -0.3 is 5.32 Å². The van der Waals surface area contributed by atoms with Crippen molar-refractivity contribution >= 4 is 23.5 Å². The van der Waals surface area contributed by atoms with Crippen LogP contribution < -0.4 is 5.32 Å². The van der Waals surface area contributed by atoms with Crippen molar-refractivity contribution in [1.82, 2.24) is 15.0 Å². The first kappa shape index (κ1) is 14.0. The van der Waals surface area contributed by atoms with E-state index in [0.717, 1.165) is 31.5 Å². The van der Waals surface area contributed by atoms with Gasteiger partial charge in [-0.2, -0.15) is 15.2 Å².